The molecule has 6 nitrogen and oxygen atoms in total. The van der Waals surface area contributed by atoms with Gasteiger partial charge in [-0.05, 0) is 19.3 Å². The number of hydrogen-bond donors (Lipinski definition) is 1. The van der Waals surface area contributed by atoms with Gasteiger partial charge in [-0.3, -0.25) is 0 Å². The number of aliphatic hydroxyl groups is 1. The summed E-state index contributed by atoms with van der Waals surface area (Å²) in [7, 11) is 1.47. The molecule has 0 bridgehead atoms. The summed E-state index contributed by atoms with van der Waals surface area (Å²) in [5, 5.41) is 14.0. The Morgan fingerprint density at radius 3 is 2.19 bits per heavy atom. The average molecular weight is 305 g/mol. The van der Waals surface area contributed by atoms with Crippen molar-refractivity contribution < 1.29 is 24.2 Å². The molecule has 0 saturated carbocycles. The van der Waals surface area contributed by atoms with E-state index in [9.17, 15) is 5.11 Å². The van der Waals surface area contributed by atoms with Crippen molar-refractivity contribution >= 4 is 6.21 Å². The van der Waals surface area contributed by atoms with Gasteiger partial charge in [0.25, 0.3) is 0 Å². The smallest absolute Gasteiger partial charge is 0.125 e. The number of aliphatic hydroxyl groups excluding tert-OH is 1. The van der Waals surface area contributed by atoms with Gasteiger partial charge >= 0.3 is 0 Å². The quantitative estimate of drug-likeness (QED) is 0.302. The van der Waals surface area contributed by atoms with Gasteiger partial charge in [0.2, 0.25) is 0 Å². The van der Waals surface area contributed by atoms with Crippen LogP contribution in [-0.2, 0) is 19.0 Å². The standard InChI is InChI=1S/C15H31NO5/c1-5-8-19-12-13(17)15(21-10-7-3)14(11-16-18-4)20-9-6-2/h11,13-15,17H,5-10,12H2,1-4H3/b16-11+/t13-,14+,15+/m1/s1. The molecule has 0 spiro atoms. The van der Waals surface area contributed by atoms with Crippen molar-refractivity contribution in [2.75, 3.05) is 33.5 Å². The summed E-state index contributed by atoms with van der Waals surface area (Å²) in [6.07, 6.45) is 2.42. The molecule has 0 radical (unpaired) electrons. The molecule has 0 aliphatic rings. The zero-order valence-electron chi connectivity index (χ0n) is 13.8. The molecular weight excluding hydrogens is 274 g/mol. The highest BCUT2D eigenvalue weighted by molar-refractivity contribution is 5.63. The molecule has 3 atom stereocenters. The summed E-state index contributed by atoms with van der Waals surface area (Å²) in [4.78, 5) is 4.71. The van der Waals surface area contributed by atoms with Crippen molar-refractivity contribution in [3.05, 3.63) is 0 Å². The number of nitrogens with zero attached hydrogens (tertiary/aromatic N) is 1. The van der Waals surface area contributed by atoms with E-state index in [-0.39, 0.29) is 6.61 Å². The van der Waals surface area contributed by atoms with Gasteiger partial charge in [0, 0.05) is 19.8 Å². The van der Waals surface area contributed by atoms with Crippen LogP contribution in [0.5, 0.6) is 0 Å². The lowest BCUT2D eigenvalue weighted by molar-refractivity contribution is -0.117. The molecule has 21 heavy (non-hydrogen) atoms. The molecule has 0 aromatic heterocycles. The maximum Gasteiger partial charge on any atom is 0.125 e. The van der Waals surface area contributed by atoms with E-state index in [0.29, 0.717) is 19.8 Å². The third kappa shape index (κ3) is 9.79. The van der Waals surface area contributed by atoms with Crippen molar-refractivity contribution in [3.63, 3.8) is 0 Å². The topological polar surface area (TPSA) is 69.5 Å². The Kier molecular flexibility index (Phi) is 13.8. The second kappa shape index (κ2) is 14.3. The Bertz CT molecular complexity index is 250. The summed E-state index contributed by atoms with van der Waals surface area (Å²) in [5.74, 6) is 0. The van der Waals surface area contributed by atoms with E-state index in [4.69, 9.17) is 19.0 Å². The minimum Gasteiger partial charge on any atom is -0.399 e. The van der Waals surface area contributed by atoms with Crippen LogP contribution in [0, 0.1) is 0 Å². The van der Waals surface area contributed by atoms with Crippen LogP contribution in [-0.4, -0.2) is 63.2 Å². The highest BCUT2D eigenvalue weighted by atomic mass is 16.6. The fourth-order valence-electron chi connectivity index (χ4n) is 1.72. The van der Waals surface area contributed by atoms with E-state index in [1.165, 1.54) is 13.3 Å². The van der Waals surface area contributed by atoms with Crippen LogP contribution < -0.4 is 0 Å². The lowest BCUT2D eigenvalue weighted by Gasteiger charge is -2.28. The van der Waals surface area contributed by atoms with Crippen LogP contribution in [0.2, 0.25) is 0 Å². The number of ether oxygens (including phenoxy) is 3. The predicted molar refractivity (Wildman–Crippen MR) is 82.7 cm³/mol. The van der Waals surface area contributed by atoms with E-state index in [2.05, 4.69) is 5.16 Å². The summed E-state index contributed by atoms with van der Waals surface area (Å²) in [5.41, 5.74) is 0. The molecule has 0 fully saturated rings. The summed E-state index contributed by atoms with van der Waals surface area (Å²) in [6, 6.07) is 0. The minimum atomic E-state index is -0.770. The Balaban J connectivity index is 4.70. The molecule has 1 N–H and O–H groups in total. The molecule has 0 aromatic carbocycles. The molecule has 0 unspecified atom stereocenters. The maximum atomic E-state index is 10.3. The normalized spacial score (nSPS) is 16.0. The average Bonchev–Trinajstić information content (AvgIpc) is 2.49. The maximum absolute atomic E-state index is 10.3. The van der Waals surface area contributed by atoms with Gasteiger partial charge in [-0.2, -0.15) is 0 Å². The molecule has 6 heteroatoms. The first-order valence-electron chi connectivity index (χ1n) is 7.76. The highest BCUT2D eigenvalue weighted by Crippen LogP contribution is 2.11. The monoisotopic (exact) mass is 305 g/mol. The Morgan fingerprint density at radius 2 is 1.62 bits per heavy atom. The van der Waals surface area contributed by atoms with Crippen LogP contribution in [0.1, 0.15) is 40.0 Å². The zero-order chi connectivity index (χ0) is 15.9. The fourth-order valence-corrected chi connectivity index (χ4v) is 1.72. The van der Waals surface area contributed by atoms with Crippen molar-refractivity contribution in [1.29, 1.82) is 0 Å². The van der Waals surface area contributed by atoms with Crippen molar-refractivity contribution in [2.45, 2.75) is 58.3 Å². The fraction of sp³-hybridized carbons (Fsp3) is 0.933. The lowest BCUT2D eigenvalue weighted by atomic mass is 10.1. The largest absolute Gasteiger partial charge is 0.399 e. The number of rotatable bonds is 14. The van der Waals surface area contributed by atoms with Crippen LogP contribution >= 0.6 is 0 Å². The molecule has 0 rings (SSSR count). The second-order valence-electron chi connectivity index (χ2n) is 4.75. The molecule has 0 saturated heterocycles. The minimum absolute atomic E-state index is 0.217. The van der Waals surface area contributed by atoms with Crippen molar-refractivity contribution in [1.82, 2.24) is 0 Å². The van der Waals surface area contributed by atoms with Gasteiger partial charge in [0.1, 0.15) is 25.4 Å². The first-order valence-corrected chi connectivity index (χ1v) is 7.76. The molecule has 0 amide bonds. The van der Waals surface area contributed by atoms with E-state index >= 15 is 0 Å². The Morgan fingerprint density at radius 1 is 1.00 bits per heavy atom. The van der Waals surface area contributed by atoms with Gasteiger partial charge in [0.05, 0.1) is 12.8 Å². The first-order chi connectivity index (χ1) is 10.2. The van der Waals surface area contributed by atoms with Crippen LogP contribution in [0.3, 0.4) is 0 Å². The van der Waals surface area contributed by atoms with Gasteiger partial charge in [-0.25, -0.2) is 0 Å². The van der Waals surface area contributed by atoms with Crippen LogP contribution in [0.4, 0.5) is 0 Å². The second-order valence-corrected chi connectivity index (χ2v) is 4.75. The first kappa shape index (κ1) is 20.3. The van der Waals surface area contributed by atoms with Gasteiger partial charge < -0.3 is 24.2 Å². The van der Waals surface area contributed by atoms with Gasteiger partial charge in [-0.15, -0.1) is 0 Å². The Hall–Kier alpha value is -0.690. The molecule has 0 aliphatic carbocycles. The summed E-state index contributed by atoms with van der Waals surface area (Å²) in [6.45, 7) is 8.00. The number of hydrogen-bond acceptors (Lipinski definition) is 6. The van der Waals surface area contributed by atoms with E-state index in [1.807, 2.05) is 20.8 Å². The SMILES string of the molecule is CCCOC[C@@H](O)[C@H](OCCC)[C@H](/C=N/OC)OCCC. The van der Waals surface area contributed by atoms with Crippen LogP contribution in [0.25, 0.3) is 0 Å². The molecule has 0 heterocycles. The highest BCUT2D eigenvalue weighted by Gasteiger charge is 2.29. The van der Waals surface area contributed by atoms with E-state index in [0.717, 1.165) is 19.3 Å². The molecule has 0 aromatic rings. The lowest BCUT2D eigenvalue weighted by Crippen LogP contribution is -2.45. The van der Waals surface area contributed by atoms with Gasteiger partial charge in [-0.1, -0.05) is 25.9 Å². The Labute approximate surface area is 128 Å². The van der Waals surface area contributed by atoms with Crippen molar-refractivity contribution in [2.24, 2.45) is 5.16 Å². The number of oxime groups is 1. The van der Waals surface area contributed by atoms with Crippen LogP contribution in [0.15, 0.2) is 5.16 Å². The molecule has 0 aliphatic heterocycles. The summed E-state index contributed by atoms with van der Waals surface area (Å²) < 4.78 is 16.9. The zero-order valence-corrected chi connectivity index (χ0v) is 13.8. The molecule has 126 valence electrons. The predicted octanol–water partition coefficient (Wildman–Crippen LogP) is 2.00. The van der Waals surface area contributed by atoms with E-state index in [1.54, 1.807) is 0 Å². The van der Waals surface area contributed by atoms with E-state index < -0.39 is 18.3 Å². The summed E-state index contributed by atoms with van der Waals surface area (Å²) >= 11 is 0. The molecular formula is C15H31NO5. The van der Waals surface area contributed by atoms with Gasteiger partial charge in [0.15, 0.2) is 0 Å². The third-order valence-electron chi connectivity index (χ3n) is 2.68. The van der Waals surface area contributed by atoms with Crippen molar-refractivity contribution in [3.8, 4) is 0 Å². The third-order valence-corrected chi connectivity index (χ3v) is 2.68.